The Hall–Kier alpha value is -0.110. The van der Waals surface area contributed by atoms with Gasteiger partial charge in [0, 0.05) is 0 Å². The van der Waals surface area contributed by atoms with Crippen molar-refractivity contribution in [1.82, 2.24) is 5.32 Å². The van der Waals surface area contributed by atoms with Gasteiger partial charge in [-0.3, -0.25) is 4.79 Å². The van der Waals surface area contributed by atoms with Gasteiger partial charge in [0.25, 0.3) is 5.91 Å². The number of aryl methyl sites for hydroxylation is 1. The van der Waals surface area contributed by atoms with Crippen LogP contribution in [0.15, 0.2) is 9.85 Å². The lowest BCUT2D eigenvalue weighted by molar-refractivity contribution is 0.0945. The van der Waals surface area contributed by atoms with E-state index in [0.29, 0.717) is 4.88 Å². The fourth-order valence-corrected chi connectivity index (χ4v) is 5.74. The summed E-state index contributed by atoms with van der Waals surface area (Å²) in [5, 5.41) is 2.13. The Balaban J connectivity index is 2.09. The molecule has 1 saturated heterocycles. The highest BCUT2D eigenvalue weighted by Gasteiger charge is 2.37. The Labute approximate surface area is 123 Å². The Bertz CT molecular complexity index is 564. The molecule has 2 rings (SSSR count). The molecule has 1 aliphatic rings. The number of amides is 1. The number of carbonyl (C=O) groups excluding carboxylic acids is 1. The lowest BCUT2D eigenvalue weighted by atomic mass is 10.2. The Morgan fingerprint density at radius 3 is 2.67 bits per heavy atom. The van der Waals surface area contributed by atoms with Gasteiger partial charge in [0.1, 0.15) is 0 Å². The van der Waals surface area contributed by atoms with Crippen LogP contribution >= 0.6 is 38.9 Å². The zero-order valence-corrected chi connectivity index (χ0v) is 13.4. The van der Waals surface area contributed by atoms with Crippen LogP contribution in [0.2, 0.25) is 0 Å². The van der Waals surface area contributed by atoms with Crippen molar-refractivity contribution in [2.75, 3.05) is 11.5 Å². The van der Waals surface area contributed by atoms with E-state index in [2.05, 4.69) is 21.2 Å². The van der Waals surface area contributed by atoms with Crippen molar-refractivity contribution in [2.45, 2.75) is 18.3 Å². The fraction of sp³-hybridized carbons (Fsp3) is 0.500. The summed E-state index contributed by atoms with van der Waals surface area (Å²) < 4.78 is 23.7. The van der Waals surface area contributed by atoms with Crippen LogP contribution in [0.3, 0.4) is 0 Å². The van der Waals surface area contributed by atoms with Gasteiger partial charge in [-0.05, 0) is 34.5 Å². The summed E-state index contributed by atoms with van der Waals surface area (Å²) in [7, 11) is -3.13. The maximum Gasteiger partial charge on any atom is 0.261 e. The molecule has 8 heteroatoms. The number of carbonyl (C=O) groups is 1. The first-order valence-electron chi connectivity index (χ1n) is 5.20. The van der Waals surface area contributed by atoms with Crippen LogP contribution in [0.4, 0.5) is 0 Å². The van der Waals surface area contributed by atoms with E-state index in [-0.39, 0.29) is 17.4 Å². The molecule has 1 aromatic heterocycles. The van der Waals surface area contributed by atoms with E-state index in [1.54, 1.807) is 6.07 Å². The second-order valence-electron chi connectivity index (χ2n) is 4.24. The lowest BCUT2D eigenvalue weighted by Crippen LogP contribution is -2.40. The summed E-state index contributed by atoms with van der Waals surface area (Å²) >= 11 is 10.6. The van der Waals surface area contributed by atoms with Crippen molar-refractivity contribution < 1.29 is 13.2 Å². The zero-order chi connectivity index (χ0) is 13.5. The van der Waals surface area contributed by atoms with Crippen molar-refractivity contribution in [3.8, 4) is 0 Å². The molecule has 18 heavy (non-hydrogen) atoms. The van der Waals surface area contributed by atoms with Gasteiger partial charge in [0.15, 0.2) is 9.84 Å². The first-order chi connectivity index (χ1) is 8.28. The SMILES string of the molecule is Cc1cc(C(=O)NC2CS(=O)(=O)CC2Cl)sc1Br. The van der Waals surface area contributed by atoms with Gasteiger partial charge in [0.05, 0.1) is 31.6 Å². The van der Waals surface area contributed by atoms with Crippen molar-refractivity contribution in [2.24, 2.45) is 0 Å². The maximum atomic E-state index is 11.9. The number of rotatable bonds is 2. The average molecular weight is 373 g/mol. The van der Waals surface area contributed by atoms with Crippen LogP contribution in [0.25, 0.3) is 0 Å². The number of sulfone groups is 1. The van der Waals surface area contributed by atoms with Crippen LogP contribution in [-0.4, -0.2) is 37.2 Å². The number of nitrogens with one attached hydrogen (secondary N) is 1. The van der Waals surface area contributed by atoms with Gasteiger partial charge in [0.2, 0.25) is 0 Å². The number of thiophene rings is 1. The second kappa shape index (κ2) is 5.11. The number of halogens is 2. The molecule has 0 aliphatic carbocycles. The van der Waals surface area contributed by atoms with Crippen molar-refractivity contribution >= 4 is 54.6 Å². The summed E-state index contributed by atoms with van der Waals surface area (Å²) in [6.45, 7) is 1.89. The van der Waals surface area contributed by atoms with Crippen LogP contribution in [0, 0.1) is 6.92 Å². The van der Waals surface area contributed by atoms with Crippen molar-refractivity contribution in [1.29, 1.82) is 0 Å². The molecule has 100 valence electrons. The Morgan fingerprint density at radius 1 is 1.56 bits per heavy atom. The first kappa shape index (κ1) is 14.3. The molecule has 1 fully saturated rings. The molecule has 1 aliphatic heterocycles. The summed E-state index contributed by atoms with van der Waals surface area (Å²) in [5.41, 5.74) is 0.978. The lowest BCUT2D eigenvalue weighted by Gasteiger charge is -2.13. The van der Waals surface area contributed by atoms with Gasteiger partial charge >= 0.3 is 0 Å². The second-order valence-corrected chi connectivity index (χ2v) is 9.32. The number of hydrogen-bond acceptors (Lipinski definition) is 4. The molecule has 1 aromatic rings. The van der Waals surface area contributed by atoms with Gasteiger partial charge in [-0.25, -0.2) is 8.42 Å². The van der Waals surface area contributed by atoms with Crippen LogP contribution in [-0.2, 0) is 9.84 Å². The standard InChI is InChI=1S/C10H11BrClNO3S2/c1-5-2-8(17-9(5)11)10(14)13-7-4-18(15,16)3-6(7)12/h2,6-7H,3-4H2,1H3,(H,13,14). The third kappa shape index (κ3) is 3.07. The van der Waals surface area contributed by atoms with E-state index in [1.807, 2.05) is 6.92 Å². The zero-order valence-electron chi connectivity index (χ0n) is 9.44. The number of hydrogen-bond donors (Lipinski definition) is 1. The molecule has 0 spiro atoms. The quantitative estimate of drug-likeness (QED) is 0.807. The summed E-state index contributed by atoms with van der Waals surface area (Å²) in [5.74, 6) is -0.438. The van der Waals surface area contributed by atoms with E-state index >= 15 is 0 Å². The molecule has 1 N–H and O–H groups in total. The Morgan fingerprint density at radius 2 is 2.22 bits per heavy atom. The normalized spacial score (nSPS) is 26.2. The summed E-state index contributed by atoms with van der Waals surface area (Å²) in [4.78, 5) is 12.5. The fourth-order valence-electron chi connectivity index (χ4n) is 1.75. The molecule has 2 unspecified atom stereocenters. The van der Waals surface area contributed by atoms with Gasteiger partial charge < -0.3 is 5.32 Å². The highest BCUT2D eigenvalue weighted by Crippen LogP contribution is 2.27. The molecule has 0 aromatic carbocycles. The molecule has 2 heterocycles. The largest absolute Gasteiger partial charge is 0.346 e. The molecule has 4 nitrogen and oxygen atoms in total. The molecule has 0 bridgehead atoms. The number of alkyl halides is 1. The molecule has 0 radical (unpaired) electrons. The third-order valence-corrected chi connectivity index (χ3v) is 7.19. The highest BCUT2D eigenvalue weighted by atomic mass is 79.9. The summed E-state index contributed by atoms with van der Waals surface area (Å²) in [6.07, 6.45) is 0. The predicted molar refractivity (Wildman–Crippen MR) is 76.3 cm³/mol. The predicted octanol–water partition coefficient (Wildman–Crippen LogP) is 1.95. The molecule has 0 saturated carbocycles. The monoisotopic (exact) mass is 371 g/mol. The van der Waals surface area contributed by atoms with E-state index in [9.17, 15) is 13.2 Å². The van der Waals surface area contributed by atoms with Crippen molar-refractivity contribution in [3.63, 3.8) is 0 Å². The molecule has 2 atom stereocenters. The van der Waals surface area contributed by atoms with Crippen molar-refractivity contribution in [3.05, 3.63) is 20.3 Å². The smallest absolute Gasteiger partial charge is 0.261 e. The van der Waals surface area contributed by atoms with Crippen LogP contribution in [0.5, 0.6) is 0 Å². The van der Waals surface area contributed by atoms with Gasteiger partial charge in [-0.2, -0.15) is 0 Å². The van der Waals surface area contributed by atoms with Gasteiger partial charge in [-0.15, -0.1) is 22.9 Å². The van der Waals surface area contributed by atoms with E-state index < -0.39 is 21.3 Å². The molecular formula is C10H11BrClNO3S2. The third-order valence-electron chi connectivity index (χ3n) is 2.68. The maximum absolute atomic E-state index is 11.9. The topological polar surface area (TPSA) is 63.2 Å². The van der Waals surface area contributed by atoms with Crippen LogP contribution < -0.4 is 5.32 Å². The molecule has 1 amide bonds. The van der Waals surface area contributed by atoms with E-state index in [0.717, 1.165) is 9.35 Å². The Kier molecular flexibility index (Phi) is 4.06. The minimum atomic E-state index is -3.13. The molecular weight excluding hydrogens is 362 g/mol. The van der Waals surface area contributed by atoms with Crippen LogP contribution in [0.1, 0.15) is 15.2 Å². The summed E-state index contributed by atoms with van der Waals surface area (Å²) in [6, 6.07) is 1.25. The highest BCUT2D eigenvalue weighted by molar-refractivity contribution is 9.11. The van der Waals surface area contributed by atoms with Gasteiger partial charge in [-0.1, -0.05) is 0 Å². The first-order valence-corrected chi connectivity index (χ1v) is 9.06. The van der Waals surface area contributed by atoms with E-state index in [1.165, 1.54) is 11.3 Å². The minimum absolute atomic E-state index is 0.0767. The van der Waals surface area contributed by atoms with E-state index in [4.69, 9.17) is 11.6 Å². The minimum Gasteiger partial charge on any atom is -0.346 e. The average Bonchev–Trinajstić information content (AvgIpc) is 2.68.